The first-order valence-electron chi connectivity index (χ1n) is 7.54. The zero-order valence-electron chi connectivity index (χ0n) is 13.6. The molecule has 1 atom stereocenters. The first kappa shape index (κ1) is 16.1. The fourth-order valence-electron chi connectivity index (χ4n) is 2.19. The highest BCUT2D eigenvalue weighted by molar-refractivity contribution is 5.79. The summed E-state index contributed by atoms with van der Waals surface area (Å²) in [4.78, 5) is 4.23. The van der Waals surface area contributed by atoms with Gasteiger partial charge in [-0.25, -0.2) is 0 Å². The molecule has 0 radical (unpaired) electrons. The number of aromatic nitrogens is 3. The third kappa shape index (κ3) is 4.09. The van der Waals surface area contributed by atoms with Crippen LogP contribution in [0.25, 0.3) is 0 Å². The summed E-state index contributed by atoms with van der Waals surface area (Å²) in [6.07, 6.45) is 2.63. The quantitative estimate of drug-likeness (QED) is 0.627. The predicted molar refractivity (Wildman–Crippen MR) is 85.8 cm³/mol. The summed E-state index contributed by atoms with van der Waals surface area (Å²) in [5.74, 6) is 3.54. The van der Waals surface area contributed by atoms with Crippen molar-refractivity contribution in [2.75, 3.05) is 13.6 Å². The summed E-state index contributed by atoms with van der Waals surface area (Å²) < 4.78 is 7.66. The summed E-state index contributed by atoms with van der Waals surface area (Å²) in [7, 11) is 1.76. The second kappa shape index (κ2) is 7.63. The van der Waals surface area contributed by atoms with E-state index in [2.05, 4.69) is 32.7 Å². The molecule has 0 aliphatic rings. The van der Waals surface area contributed by atoms with Gasteiger partial charge in [-0.3, -0.25) is 4.99 Å². The van der Waals surface area contributed by atoms with Crippen LogP contribution in [0.1, 0.15) is 37.2 Å². The summed E-state index contributed by atoms with van der Waals surface area (Å²) in [6.45, 7) is 7.59. The molecule has 1 unspecified atom stereocenters. The van der Waals surface area contributed by atoms with Crippen LogP contribution in [-0.4, -0.2) is 34.3 Å². The normalized spacial score (nSPS) is 13.2. The van der Waals surface area contributed by atoms with E-state index in [0.717, 1.165) is 42.8 Å². The van der Waals surface area contributed by atoms with Gasteiger partial charge in [-0.1, -0.05) is 6.92 Å². The van der Waals surface area contributed by atoms with Crippen LogP contribution in [0, 0.1) is 6.92 Å². The maximum atomic E-state index is 5.62. The van der Waals surface area contributed by atoms with E-state index in [1.165, 1.54) is 0 Å². The molecule has 120 valence electrons. The molecule has 0 fully saturated rings. The summed E-state index contributed by atoms with van der Waals surface area (Å²) in [6, 6.07) is 3.99. The molecule has 7 heteroatoms. The monoisotopic (exact) mass is 304 g/mol. The van der Waals surface area contributed by atoms with Gasteiger partial charge in [0.15, 0.2) is 5.96 Å². The third-order valence-electron chi connectivity index (χ3n) is 3.42. The second-order valence-corrected chi connectivity index (χ2v) is 5.11. The standard InChI is InChI=1S/C15H24N6O/c1-5-14-20-18-10-21(14)9-8-17-15(16-4)19-12(3)13-7-6-11(2)22-13/h6-7,10,12H,5,8-9H2,1-4H3,(H2,16,17,19). The van der Waals surface area contributed by atoms with Gasteiger partial charge in [0.25, 0.3) is 0 Å². The Bertz CT molecular complexity index is 615. The summed E-state index contributed by atoms with van der Waals surface area (Å²) in [5.41, 5.74) is 0. The van der Waals surface area contributed by atoms with Crippen molar-refractivity contribution in [2.24, 2.45) is 4.99 Å². The Balaban J connectivity index is 1.82. The van der Waals surface area contributed by atoms with Crippen molar-refractivity contribution < 1.29 is 4.42 Å². The molecule has 0 saturated carbocycles. The van der Waals surface area contributed by atoms with Gasteiger partial charge in [0.05, 0.1) is 6.04 Å². The lowest BCUT2D eigenvalue weighted by molar-refractivity contribution is 0.441. The lowest BCUT2D eigenvalue weighted by Gasteiger charge is -2.16. The van der Waals surface area contributed by atoms with Gasteiger partial charge in [0, 0.05) is 26.6 Å². The van der Waals surface area contributed by atoms with Crippen molar-refractivity contribution in [1.82, 2.24) is 25.4 Å². The second-order valence-electron chi connectivity index (χ2n) is 5.11. The molecule has 22 heavy (non-hydrogen) atoms. The maximum absolute atomic E-state index is 5.62. The van der Waals surface area contributed by atoms with E-state index in [4.69, 9.17) is 4.42 Å². The molecule has 0 amide bonds. The van der Waals surface area contributed by atoms with E-state index in [0.29, 0.717) is 0 Å². The number of hydrogen-bond donors (Lipinski definition) is 2. The molecule has 2 rings (SSSR count). The first-order valence-corrected chi connectivity index (χ1v) is 7.54. The number of nitrogens with zero attached hydrogens (tertiary/aromatic N) is 4. The molecule has 0 spiro atoms. The Morgan fingerprint density at radius 1 is 1.45 bits per heavy atom. The largest absolute Gasteiger partial charge is 0.464 e. The third-order valence-corrected chi connectivity index (χ3v) is 3.42. The molecule has 0 saturated heterocycles. The fourth-order valence-corrected chi connectivity index (χ4v) is 2.19. The molecular weight excluding hydrogens is 280 g/mol. The Hall–Kier alpha value is -2.31. The van der Waals surface area contributed by atoms with Crippen LogP contribution in [0.2, 0.25) is 0 Å². The van der Waals surface area contributed by atoms with Gasteiger partial charge < -0.3 is 19.6 Å². The maximum Gasteiger partial charge on any atom is 0.191 e. The van der Waals surface area contributed by atoms with Crippen LogP contribution >= 0.6 is 0 Å². The number of rotatable bonds is 6. The van der Waals surface area contributed by atoms with Crippen molar-refractivity contribution in [3.63, 3.8) is 0 Å². The average molecular weight is 304 g/mol. The Morgan fingerprint density at radius 2 is 2.27 bits per heavy atom. The Morgan fingerprint density at radius 3 is 2.91 bits per heavy atom. The Labute approximate surface area is 130 Å². The molecule has 2 heterocycles. The lowest BCUT2D eigenvalue weighted by Crippen LogP contribution is -2.40. The van der Waals surface area contributed by atoms with Gasteiger partial charge in [0.2, 0.25) is 0 Å². The van der Waals surface area contributed by atoms with Gasteiger partial charge >= 0.3 is 0 Å². The van der Waals surface area contributed by atoms with E-state index >= 15 is 0 Å². The minimum atomic E-state index is 0.0565. The molecule has 2 aromatic heterocycles. The Kier molecular flexibility index (Phi) is 5.57. The van der Waals surface area contributed by atoms with E-state index in [1.54, 1.807) is 13.4 Å². The molecule has 7 nitrogen and oxygen atoms in total. The van der Waals surface area contributed by atoms with Gasteiger partial charge in [-0.2, -0.15) is 0 Å². The molecule has 0 bridgehead atoms. The van der Waals surface area contributed by atoms with E-state index < -0.39 is 0 Å². The highest BCUT2D eigenvalue weighted by Gasteiger charge is 2.11. The van der Waals surface area contributed by atoms with Crippen LogP contribution in [-0.2, 0) is 13.0 Å². The van der Waals surface area contributed by atoms with Crippen molar-refractivity contribution in [3.8, 4) is 0 Å². The molecule has 2 aromatic rings. The predicted octanol–water partition coefficient (Wildman–Crippen LogP) is 1.67. The topological polar surface area (TPSA) is 80.3 Å². The fraction of sp³-hybridized carbons (Fsp3) is 0.533. The highest BCUT2D eigenvalue weighted by atomic mass is 16.3. The number of hydrogen-bond acceptors (Lipinski definition) is 4. The van der Waals surface area contributed by atoms with Crippen molar-refractivity contribution in [1.29, 1.82) is 0 Å². The molecule has 0 aromatic carbocycles. The number of aryl methyl sites for hydroxylation is 2. The zero-order chi connectivity index (χ0) is 15.9. The zero-order valence-corrected chi connectivity index (χ0v) is 13.6. The summed E-state index contributed by atoms with van der Waals surface area (Å²) >= 11 is 0. The molecular formula is C15H24N6O. The van der Waals surface area contributed by atoms with Crippen molar-refractivity contribution in [3.05, 3.63) is 35.8 Å². The minimum Gasteiger partial charge on any atom is -0.464 e. The van der Waals surface area contributed by atoms with Crippen LogP contribution in [0.4, 0.5) is 0 Å². The van der Waals surface area contributed by atoms with Crippen LogP contribution in [0.15, 0.2) is 27.9 Å². The SMILES string of the molecule is CCc1nncn1CCNC(=NC)NC(C)c1ccc(C)o1. The van der Waals surface area contributed by atoms with Crippen LogP contribution in [0.5, 0.6) is 0 Å². The van der Waals surface area contributed by atoms with Gasteiger partial charge in [-0.05, 0) is 26.0 Å². The number of guanidine groups is 1. The van der Waals surface area contributed by atoms with Crippen molar-refractivity contribution >= 4 is 5.96 Å². The van der Waals surface area contributed by atoms with E-state index in [9.17, 15) is 0 Å². The summed E-state index contributed by atoms with van der Waals surface area (Å²) in [5, 5.41) is 14.6. The van der Waals surface area contributed by atoms with Gasteiger partial charge in [0.1, 0.15) is 23.7 Å². The highest BCUT2D eigenvalue weighted by Crippen LogP contribution is 2.15. The number of nitrogens with one attached hydrogen (secondary N) is 2. The van der Waals surface area contributed by atoms with Crippen molar-refractivity contribution in [2.45, 2.75) is 39.8 Å². The van der Waals surface area contributed by atoms with E-state index in [-0.39, 0.29) is 6.04 Å². The average Bonchev–Trinajstić information content (AvgIpc) is 3.14. The smallest absolute Gasteiger partial charge is 0.191 e. The molecule has 0 aliphatic carbocycles. The van der Waals surface area contributed by atoms with Gasteiger partial charge in [-0.15, -0.1) is 10.2 Å². The van der Waals surface area contributed by atoms with E-state index in [1.807, 2.05) is 30.5 Å². The lowest BCUT2D eigenvalue weighted by atomic mass is 10.2. The molecule has 0 aliphatic heterocycles. The number of aliphatic imine (C=N–C) groups is 1. The molecule has 2 N–H and O–H groups in total. The first-order chi connectivity index (χ1) is 10.6. The number of furan rings is 1. The minimum absolute atomic E-state index is 0.0565. The van der Waals surface area contributed by atoms with Crippen LogP contribution < -0.4 is 10.6 Å². The van der Waals surface area contributed by atoms with Crippen LogP contribution in [0.3, 0.4) is 0 Å².